The predicted octanol–water partition coefficient (Wildman–Crippen LogP) is 5.53. The molecule has 0 spiro atoms. The maximum absolute atomic E-state index is 12.6. The molecular weight excluding hydrogens is 460 g/mol. The molecule has 0 saturated heterocycles. The second kappa shape index (κ2) is 9.80. The van der Waals surface area contributed by atoms with E-state index < -0.39 is 10.8 Å². The lowest BCUT2D eigenvalue weighted by Crippen LogP contribution is -2.12. The lowest BCUT2D eigenvalue weighted by molar-refractivity contribution is -0.385. The molecule has 34 heavy (non-hydrogen) atoms. The fraction of sp³-hybridized carbons (Fsp3) is 0.167. The normalized spacial score (nSPS) is 10.8. The number of furan rings is 1. The van der Waals surface area contributed by atoms with Crippen LogP contribution in [-0.4, -0.2) is 20.6 Å². The lowest BCUT2D eigenvalue weighted by atomic mass is 10.2. The third kappa shape index (κ3) is 5.44. The second-order valence-corrected chi connectivity index (χ2v) is 8.11. The summed E-state index contributed by atoms with van der Waals surface area (Å²) in [5.74, 6) is 0.988. The summed E-state index contributed by atoms with van der Waals surface area (Å²) in [5, 5.41) is 18.8. The van der Waals surface area contributed by atoms with Gasteiger partial charge in [0.2, 0.25) is 0 Å². The highest BCUT2D eigenvalue weighted by Crippen LogP contribution is 2.24. The number of hydrogen-bond acceptors (Lipinski definition) is 6. The van der Waals surface area contributed by atoms with Crippen molar-refractivity contribution in [1.82, 2.24) is 9.78 Å². The van der Waals surface area contributed by atoms with Crippen molar-refractivity contribution in [2.45, 2.75) is 27.0 Å². The molecule has 2 aromatic heterocycles. The number of aryl methyl sites for hydroxylation is 2. The van der Waals surface area contributed by atoms with Crippen molar-refractivity contribution >= 4 is 29.0 Å². The molecule has 10 heteroatoms. The van der Waals surface area contributed by atoms with Gasteiger partial charge in [0.1, 0.15) is 18.1 Å². The van der Waals surface area contributed by atoms with E-state index in [1.807, 2.05) is 31.2 Å². The van der Waals surface area contributed by atoms with Gasteiger partial charge in [0.25, 0.3) is 11.6 Å². The number of amides is 1. The summed E-state index contributed by atoms with van der Waals surface area (Å²) < 4.78 is 13.0. The highest BCUT2D eigenvalue weighted by Gasteiger charge is 2.15. The largest absolute Gasteiger partial charge is 0.486 e. The Labute approximate surface area is 200 Å². The van der Waals surface area contributed by atoms with Gasteiger partial charge < -0.3 is 14.5 Å². The molecule has 0 saturated carbocycles. The van der Waals surface area contributed by atoms with Crippen LogP contribution < -0.4 is 10.1 Å². The molecule has 0 bridgehead atoms. The first-order valence-corrected chi connectivity index (χ1v) is 10.7. The fourth-order valence-corrected chi connectivity index (χ4v) is 3.45. The first-order valence-electron chi connectivity index (χ1n) is 10.4. The molecule has 4 aromatic rings. The number of nitro benzene ring substituents is 1. The van der Waals surface area contributed by atoms with E-state index in [-0.39, 0.29) is 18.1 Å². The molecule has 0 fully saturated rings. The summed E-state index contributed by atoms with van der Waals surface area (Å²) in [6.45, 7) is 4.15. The van der Waals surface area contributed by atoms with Gasteiger partial charge in [0.05, 0.1) is 11.5 Å². The molecule has 1 N–H and O–H groups in total. The molecule has 0 aliphatic rings. The Hall–Kier alpha value is -4.11. The minimum atomic E-state index is -0.446. The average molecular weight is 481 g/mol. The summed E-state index contributed by atoms with van der Waals surface area (Å²) in [5.41, 5.74) is 2.44. The van der Waals surface area contributed by atoms with E-state index in [0.29, 0.717) is 34.5 Å². The first-order chi connectivity index (χ1) is 16.3. The van der Waals surface area contributed by atoms with Crippen molar-refractivity contribution < 1.29 is 18.9 Å². The standard InChI is InChI=1S/C24H21ClN4O5/c1-15-11-19(7-9-21(15)29(31)32)33-14-20-8-10-22(34-20)24(30)26-23-12-16(2)28(27-23)13-17-3-5-18(25)6-4-17/h3-12H,13-14H2,1-2H3,(H,26,27,30). The zero-order valence-corrected chi connectivity index (χ0v) is 19.2. The summed E-state index contributed by atoms with van der Waals surface area (Å²) in [6, 6.07) is 16.9. The zero-order valence-electron chi connectivity index (χ0n) is 18.4. The third-order valence-corrected chi connectivity index (χ3v) is 5.35. The molecule has 0 atom stereocenters. The number of aromatic nitrogens is 2. The molecule has 0 radical (unpaired) electrons. The maximum atomic E-state index is 12.6. The van der Waals surface area contributed by atoms with Crippen LogP contribution in [0.2, 0.25) is 5.02 Å². The molecule has 2 aromatic carbocycles. The summed E-state index contributed by atoms with van der Waals surface area (Å²) in [7, 11) is 0. The van der Waals surface area contributed by atoms with E-state index >= 15 is 0 Å². The van der Waals surface area contributed by atoms with E-state index in [4.69, 9.17) is 20.8 Å². The zero-order chi connectivity index (χ0) is 24.2. The number of rotatable bonds is 8. The number of hydrogen-bond donors (Lipinski definition) is 1. The van der Waals surface area contributed by atoms with Crippen molar-refractivity contribution in [2.24, 2.45) is 0 Å². The molecule has 1 amide bonds. The van der Waals surface area contributed by atoms with E-state index in [1.54, 1.807) is 35.9 Å². The van der Waals surface area contributed by atoms with E-state index in [2.05, 4.69) is 10.4 Å². The first kappa shape index (κ1) is 23.1. The van der Waals surface area contributed by atoms with Crippen molar-refractivity contribution in [3.05, 3.63) is 104 Å². The highest BCUT2D eigenvalue weighted by molar-refractivity contribution is 6.30. The van der Waals surface area contributed by atoms with Gasteiger partial charge >= 0.3 is 0 Å². The van der Waals surface area contributed by atoms with Crippen molar-refractivity contribution in [1.29, 1.82) is 0 Å². The Kier molecular flexibility index (Phi) is 6.65. The van der Waals surface area contributed by atoms with Gasteiger partial charge in [-0.25, -0.2) is 0 Å². The molecule has 9 nitrogen and oxygen atoms in total. The Morgan fingerprint density at radius 2 is 1.91 bits per heavy atom. The average Bonchev–Trinajstić information content (AvgIpc) is 3.40. The number of anilines is 1. The van der Waals surface area contributed by atoms with Gasteiger partial charge in [0.15, 0.2) is 11.6 Å². The lowest BCUT2D eigenvalue weighted by Gasteiger charge is -2.05. The summed E-state index contributed by atoms with van der Waals surface area (Å²) in [6.07, 6.45) is 0. The highest BCUT2D eigenvalue weighted by atomic mass is 35.5. The Bertz CT molecular complexity index is 1340. The molecule has 174 valence electrons. The molecule has 0 aliphatic carbocycles. The monoisotopic (exact) mass is 480 g/mol. The number of halogens is 1. The minimum Gasteiger partial charge on any atom is -0.486 e. The minimum absolute atomic E-state index is 0.0233. The Morgan fingerprint density at radius 3 is 2.62 bits per heavy atom. The van der Waals surface area contributed by atoms with Crippen LogP contribution in [0, 0.1) is 24.0 Å². The van der Waals surface area contributed by atoms with Crippen molar-refractivity contribution in [3.63, 3.8) is 0 Å². The van der Waals surface area contributed by atoms with Crippen LogP contribution >= 0.6 is 11.6 Å². The van der Waals surface area contributed by atoms with Gasteiger partial charge in [-0.15, -0.1) is 0 Å². The number of nitrogens with one attached hydrogen (secondary N) is 1. The SMILES string of the molecule is Cc1cc(OCc2ccc(C(=O)Nc3cc(C)n(Cc4ccc(Cl)cc4)n3)o2)ccc1[N+](=O)[O-]. The van der Waals surface area contributed by atoms with Gasteiger partial charge in [-0.05, 0) is 55.8 Å². The van der Waals surface area contributed by atoms with Crippen LogP contribution in [0.5, 0.6) is 5.75 Å². The smallest absolute Gasteiger partial charge is 0.292 e. The van der Waals surface area contributed by atoms with Crippen LogP contribution in [0.3, 0.4) is 0 Å². The number of nitro groups is 1. The van der Waals surface area contributed by atoms with Gasteiger partial charge in [-0.2, -0.15) is 5.10 Å². The third-order valence-electron chi connectivity index (χ3n) is 5.10. The topological polar surface area (TPSA) is 112 Å². The van der Waals surface area contributed by atoms with Gasteiger partial charge in [-0.1, -0.05) is 23.7 Å². The number of carbonyl (C=O) groups excluding carboxylic acids is 1. The quantitative estimate of drug-likeness (QED) is 0.262. The van der Waals surface area contributed by atoms with Crippen LogP contribution in [0.1, 0.15) is 33.1 Å². The van der Waals surface area contributed by atoms with E-state index in [1.165, 1.54) is 12.1 Å². The van der Waals surface area contributed by atoms with Crippen LogP contribution in [0.4, 0.5) is 11.5 Å². The number of carbonyl (C=O) groups is 1. The summed E-state index contributed by atoms with van der Waals surface area (Å²) in [4.78, 5) is 23.1. The predicted molar refractivity (Wildman–Crippen MR) is 126 cm³/mol. The second-order valence-electron chi connectivity index (χ2n) is 7.67. The molecule has 0 aliphatic heterocycles. The van der Waals surface area contributed by atoms with Crippen molar-refractivity contribution in [2.75, 3.05) is 5.32 Å². The summed E-state index contributed by atoms with van der Waals surface area (Å²) >= 11 is 5.93. The molecule has 0 unspecified atom stereocenters. The van der Waals surface area contributed by atoms with E-state index in [9.17, 15) is 14.9 Å². The van der Waals surface area contributed by atoms with Crippen molar-refractivity contribution in [3.8, 4) is 5.75 Å². The number of benzene rings is 2. The molecular formula is C24H21ClN4O5. The molecule has 2 heterocycles. The van der Waals surface area contributed by atoms with Crippen LogP contribution in [0.15, 0.2) is 65.1 Å². The molecule has 4 rings (SSSR count). The van der Waals surface area contributed by atoms with Crippen LogP contribution in [-0.2, 0) is 13.2 Å². The van der Waals surface area contributed by atoms with Gasteiger partial charge in [-0.3, -0.25) is 19.6 Å². The maximum Gasteiger partial charge on any atom is 0.292 e. The van der Waals surface area contributed by atoms with Gasteiger partial charge in [0, 0.05) is 28.4 Å². The number of ether oxygens (including phenoxy) is 1. The number of nitrogens with zero attached hydrogens (tertiary/aromatic N) is 3. The fourth-order valence-electron chi connectivity index (χ4n) is 3.33. The Balaban J connectivity index is 1.36. The van der Waals surface area contributed by atoms with E-state index in [0.717, 1.165) is 11.3 Å². The Morgan fingerprint density at radius 1 is 1.15 bits per heavy atom. The van der Waals surface area contributed by atoms with Crippen LogP contribution in [0.25, 0.3) is 0 Å².